The first kappa shape index (κ1) is 62.5. The monoisotopic (exact) mass is 1120 g/mol. The van der Waals surface area contributed by atoms with E-state index in [9.17, 15) is 76.6 Å². The van der Waals surface area contributed by atoms with Crippen molar-refractivity contribution in [3.63, 3.8) is 0 Å². The standard InChI is InChI=1S/C54H90O24/c1-22(9-13-33(51(4,5)70)77-49-45(41(66)36(61)28(20-57)74-49)78-48-44(69)39(64)35(60)27(19-56)73-48)23-15-16-52(6)30-12-10-24-25(54(30,8)31(58)17-53(23,52)7)11-14-32(50(24,2)3)76-47-43(68)40(65)37(62)29(75-47)21-71-46-42(67)38(63)34(59)26(18-55)72-46/h10,22-23,25-30,32-49,55-57,59-70H,9,11-21H2,1-8H3/t22-,23-,25?,26-,27-,28-,29-,30+,32+,33-,34-,35-,36-,37-,38+,39+,40+,41+,42-,43-,44-,45-,46-,47+,48+,49+,52+,53-,54+/m1/s1. The average Bonchev–Trinajstić information content (AvgIpc) is 2.93. The Labute approximate surface area is 454 Å². The molecular weight excluding hydrogens is 1030 g/mol. The number of allylic oxidation sites excluding steroid dienone is 1. The maximum absolute atomic E-state index is 15.2. The molecule has 0 bridgehead atoms. The summed E-state index contributed by atoms with van der Waals surface area (Å²) in [6.07, 6.45) is -26.9. The molecular formula is C54H90O24. The second-order valence-electron chi connectivity index (χ2n) is 25.7. The van der Waals surface area contributed by atoms with E-state index in [1.165, 1.54) is 0 Å². The number of hydrogen-bond donors (Lipinski definition) is 15. The van der Waals surface area contributed by atoms with Crippen molar-refractivity contribution < 1.29 is 119 Å². The maximum Gasteiger partial charge on any atom is 0.187 e. The van der Waals surface area contributed by atoms with Crippen molar-refractivity contribution in [1.82, 2.24) is 0 Å². The third kappa shape index (κ3) is 10.9. The summed E-state index contributed by atoms with van der Waals surface area (Å²) < 4.78 is 47.4. The van der Waals surface area contributed by atoms with Gasteiger partial charge in [-0.1, -0.05) is 53.2 Å². The van der Waals surface area contributed by atoms with Crippen molar-refractivity contribution in [2.45, 2.75) is 247 Å². The fraction of sp³-hybridized carbons (Fsp3) is 0.944. The van der Waals surface area contributed by atoms with E-state index in [4.69, 9.17) is 37.9 Å². The first-order valence-electron chi connectivity index (χ1n) is 27.9. The van der Waals surface area contributed by atoms with Gasteiger partial charge in [-0.2, -0.15) is 0 Å². The first-order valence-corrected chi connectivity index (χ1v) is 27.9. The normalized spacial score (nSPS) is 50.5. The van der Waals surface area contributed by atoms with Crippen molar-refractivity contribution in [1.29, 1.82) is 0 Å². The quantitative estimate of drug-likeness (QED) is 0.0645. The van der Waals surface area contributed by atoms with Gasteiger partial charge in [0.05, 0.1) is 44.2 Å². The Morgan fingerprint density at radius 2 is 1.12 bits per heavy atom. The summed E-state index contributed by atoms with van der Waals surface area (Å²) in [7, 11) is 0. The molecule has 0 amide bonds. The van der Waals surface area contributed by atoms with Gasteiger partial charge in [0, 0.05) is 17.3 Å². The highest BCUT2D eigenvalue weighted by Gasteiger charge is 2.71. The van der Waals surface area contributed by atoms with Crippen LogP contribution >= 0.6 is 0 Å². The summed E-state index contributed by atoms with van der Waals surface area (Å²) in [6.45, 7) is 13.3. The number of ether oxygens (including phenoxy) is 8. The Bertz CT molecular complexity index is 2070. The van der Waals surface area contributed by atoms with Crippen molar-refractivity contribution in [3.05, 3.63) is 11.6 Å². The van der Waals surface area contributed by atoms with Crippen molar-refractivity contribution in [2.75, 3.05) is 26.4 Å². The summed E-state index contributed by atoms with van der Waals surface area (Å²) in [6, 6.07) is 0. The number of aliphatic hydroxyl groups excluding tert-OH is 14. The highest BCUT2D eigenvalue weighted by molar-refractivity contribution is 5.88. The molecule has 8 aliphatic rings. The molecule has 24 heteroatoms. The van der Waals surface area contributed by atoms with Gasteiger partial charge in [-0.3, -0.25) is 4.79 Å². The van der Waals surface area contributed by atoms with Crippen LogP contribution in [0.4, 0.5) is 0 Å². The van der Waals surface area contributed by atoms with Crippen LogP contribution in [-0.2, 0) is 42.7 Å². The van der Waals surface area contributed by atoms with E-state index in [1.54, 1.807) is 13.8 Å². The van der Waals surface area contributed by atoms with Crippen LogP contribution in [0.5, 0.6) is 0 Å². The number of carbonyl (C=O) groups is 1. The molecule has 24 nitrogen and oxygen atoms in total. The van der Waals surface area contributed by atoms with Crippen LogP contribution in [0.1, 0.15) is 107 Å². The van der Waals surface area contributed by atoms with Crippen LogP contribution in [0.3, 0.4) is 0 Å². The fourth-order valence-corrected chi connectivity index (χ4v) is 15.3. The summed E-state index contributed by atoms with van der Waals surface area (Å²) >= 11 is 0. The molecule has 0 spiro atoms. The van der Waals surface area contributed by atoms with Crippen molar-refractivity contribution >= 4 is 5.78 Å². The molecule has 29 atom stereocenters. The molecule has 4 aliphatic heterocycles. The zero-order valence-electron chi connectivity index (χ0n) is 46.0. The SMILES string of the molecule is C[C@H](CC[C@@H](O[C@@H]1O[C@H](CO)[C@@H](O)[C@H](O)[C@H]1O[C@@H]1O[C@H](CO)[C@@H](O)[C@H](O)[C@H]1O)C(C)(C)O)[C@H]1CC[C@@]2(C)[C@@H]3CC=C4C(CC[C@H](O[C@@H]5O[C@H](CO[C@@H]6O[C@H](CO)[C@@H](O)[C@H](O)[C@H]6O)[C@@H](O)[C@H](O)[C@H]5O)C4(C)C)[C@]3(C)C(=O)C[C@]12C. The number of fused-ring (bicyclic) bond motifs is 5. The van der Waals surface area contributed by atoms with Gasteiger partial charge in [0.15, 0.2) is 25.2 Å². The largest absolute Gasteiger partial charge is 0.394 e. The molecule has 7 fully saturated rings. The molecule has 0 aromatic rings. The smallest absolute Gasteiger partial charge is 0.187 e. The van der Waals surface area contributed by atoms with E-state index in [2.05, 4.69) is 33.8 Å². The minimum absolute atomic E-state index is 0.00515. The predicted molar refractivity (Wildman–Crippen MR) is 267 cm³/mol. The number of aliphatic hydroxyl groups is 15. The summed E-state index contributed by atoms with van der Waals surface area (Å²) in [5.41, 5.74) is -2.59. The van der Waals surface area contributed by atoms with Crippen LogP contribution < -0.4 is 0 Å². The van der Waals surface area contributed by atoms with Gasteiger partial charge in [-0.15, -0.1) is 0 Å². The Balaban J connectivity index is 0.941. The highest BCUT2D eigenvalue weighted by Crippen LogP contribution is 2.74. The number of carbonyl (C=O) groups excluding carboxylic acids is 1. The van der Waals surface area contributed by atoms with E-state index < -0.39 is 183 Å². The molecule has 4 aliphatic carbocycles. The predicted octanol–water partition coefficient (Wildman–Crippen LogP) is -3.02. The molecule has 1 unspecified atom stereocenters. The molecule has 0 radical (unpaired) electrons. The summed E-state index contributed by atoms with van der Waals surface area (Å²) in [5, 5.41) is 159. The minimum Gasteiger partial charge on any atom is -0.394 e. The second-order valence-corrected chi connectivity index (χ2v) is 25.7. The third-order valence-corrected chi connectivity index (χ3v) is 20.5. The lowest BCUT2D eigenvalue weighted by Gasteiger charge is -2.65. The highest BCUT2D eigenvalue weighted by atomic mass is 16.8. The van der Waals surface area contributed by atoms with Gasteiger partial charge < -0.3 is 114 Å². The summed E-state index contributed by atoms with van der Waals surface area (Å²) in [4.78, 5) is 15.2. The van der Waals surface area contributed by atoms with Gasteiger partial charge in [0.2, 0.25) is 0 Å². The molecule has 4 heterocycles. The Hall–Kier alpha value is -1.51. The lowest BCUT2D eigenvalue weighted by atomic mass is 9.38. The Kier molecular flexibility index (Phi) is 18.8. The molecule has 8 rings (SSSR count). The van der Waals surface area contributed by atoms with Crippen molar-refractivity contribution in [2.24, 2.45) is 45.3 Å². The summed E-state index contributed by atoms with van der Waals surface area (Å²) in [5.74, 6) is 0.115. The molecule has 0 aromatic carbocycles. The third-order valence-electron chi connectivity index (χ3n) is 20.5. The number of Topliss-reactive ketones (excluding diaryl/α,β-unsaturated/α-hetero) is 1. The molecule has 78 heavy (non-hydrogen) atoms. The van der Waals surface area contributed by atoms with Crippen LogP contribution in [0.2, 0.25) is 0 Å². The second kappa shape index (κ2) is 23.5. The molecule has 3 saturated carbocycles. The lowest BCUT2D eigenvalue weighted by molar-refractivity contribution is -0.375. The van der Waals surface area contributed by atoms with Gasteiger partial charge >= 0.3 is 0 Å². The zero-order chi connectivity index (χ0) is 57.5. The minimum atomic E-state index is -1.86. The van der Waals surface area contributed by atoms with Gasteiger partial charge in [0.1, 0.15) is 103 Å². The Morgan fingerprint density at radius 3 is 1.68 bits per heavy atom. The topological polar surface area (TPSA) is 394 Å². The van der Waals surface area contributed by atoms with Gasteiger partial charge in [0.25, 0.3) is 0 Å². The van der Waals surface area contributed by atoms with Gasteiger partial charge in [-0.05, 0) is 93.3 Å². The van der Waals surface area contributed by atoms with Crippen LogP contribution in [0.25, 0.3) is 0 Å². The van der Waals surface area contributed by atoms with E-state index >= 15 is 4.79 Å². The van der Waals surface area contributed by atoms with E-state index in [1.807, 2.05) is 13.8 Å². The van der Waals surface area contributed by atoms with E-state index in [0.717, 1.165) is 18.4 Å². The number of ketones is 1. The van der Waals surface area contributed by atoms with Crippen LogP contribution in [-0.4, -0.2) is 249 Å². The van der Waals surface area contributed by atoms with Crippen LogP contribution in [0, 0.1) is 45.3 Å². The molecule has 4 saturated heterocycles. The van der Waals surface area contributed by atoms with E-state index in [0.29, 0.717) is 32.1 Å². The van der Waals surface area contributed by atoms with Gasteiger partial charge in [-0.25, -0.2) is 0 Å². The Morgan fingerprint density at radius 1 is 0.615 bits per heavy atom. The molecule has 0 aromatic heterocycles. The van der Waals surface area contributed by atoms with Crippen molar-refractivity contribution in [3.8, 4) is 0 Å². The lowest BCUT2D eigenvalue weighted by Crippen LogP contribution is -2.65. The number of rotatable bonds is 17. The molecule has 15 N–H and O–H groups in total. The van der Waals surface area contributed by atoms with Crippen LogP contribution in [0.15, 0.2) is 11.6 Å². The number of hydrogen-bond acceptors (Lipinski definition) is 24. The van der Waals surface area contributed by atoms with E-state index in [-0.39, 0.29) is 41.3 Å². The zero-order valence-corrected chi connectivity index (χ0v) is 46.0. The fourth-order valence-electron chi connectivity index (χ4n) is 15.3. The maximum atomic E-state index is 15.2. The first-order chi connectivity index (χ1) is 36.4. The molecule has 450 valence electrons. The average molecular weight is 1120 g/mol.